The van der Waals surface area contributed by atoms with Gasteiger partial charge in [0.2, 0.25) is 5.91 Å². The van der Waals surface area contributed by atoms with E-state index in [-0.39, 0.29) is 10.8 Å². The molecule has 0 radical (unpaired) electrons. The number of hydrogen-bond acceptors (Lipinski definition) is 6. The van der Waals surface area contributed by atoms with Gasteiger partial charge in [-0.1, -0.05) is 35.9 Å². The minimum atomic E-state index is -3.27. The molecule has 8 heteroatoms. The number of carbonyl (C=O) groups is 1. The summed E-state index contributed by atoms with van der Waals surface area (Å²) in [6.45, 7) is 3.47. The summed E-state index contributed by atoms with van der Waals surface area (Å²) in [6.07, 6.45) is 2.84. The fraction of sp³-hybridized carbons (Fsp3) is 0.125. The summed E-state index contributed by atoms with van der Waals surface area (Å²) in [5.41, 5.74) is 4.64. The van der Waals surface area contributed by atoms with E-state index in [2.05, 4.69) is 16.4 Å². The van der Waals surface area contributed by atoms with Gasteiger partial charge >= 0.3 is 0 Å². The van der Waals surface area contributed by atoms with Crippen molar-refractivity contribution in [2.24, 2.45) is 0 Å². The second-order valence-corrected chi connectivity index (χ2v) is 10.5. The van der Waals surface area contributed by atoms with Crippen LogP contribution in [0.2, 0.25) is 0 Å². The molecular formula is C24H21N3O3S2. The van der Waals surface area contributed by atoms with E-state index in [0.29, 0.717) is 5.82 Å². The van der Waals surface area contributed by atoms with E-state index in [1.807, 2.05) is 37.3 Å². The Morgan fingerprint density at radius 1 is 0.969 bits per heavy atom. The highest BCUT2D eigenvalue weighted by Crippen LogP contribution is 2.41. The Hall–Kier alpha value is -3.36. The van der Waals surface area contributed by atoms with Gasteiger partial charge in [0.25, 0.3) is 0 Å². The molecule has 2 heterocycles. The van der Waals surface area contributed by atoms with E-state index in [1.54, 1.807) is 30.5 Å². The number of carbonyl (C=O) groups excluding carboxylic acids is 1. The average molecular weight is 464 g/mol. The Labute approximate surface area is 190 Å². The maximum absolute atomic E-state index is 11.8. The van der Waals surface area contributed by atoms with Gasteiger partial charge in [-0.05, 0) is 42.8 Å². The summed E-state index contributed by atoms with van der Waals surface area (Å²) in [5, 5.41) is 3.49. The van der Waals surface area contributed by atoms with Gasteiger partial charge < -0.3 is 5.32 Å². The molecule has 0 aliphatic rings. The summed E-state index contributed by atoms with van der Waals surface area (Å²) < 4.78 is 23.6. The quantitative estimate of drug-likeness (QED) is 0.439. The predicted molar refractivity (Wildman–Crippen MR) is 128 cm³/mol. The van der Waals surface area contributed by atoms with Crippen molar-refractivity contribution in [1.82, 2.24) is 9.97 Å². The van der Waals surface area contributed by atoms with Gasteiger partial charge in [0.1, 0.15) is 10.8 Å². The number of thiazole rings is 1. The smallest absolute Gasteiger partial charge is 0.222 e. The number of benzene rings is 2. The largest absolute Gasteiger partial charge is 0.311 e. The fourth-order valence-corrected chi connectivity index (χ4v) is 5.01. The average Bonchev–Trinajstić information content (AvgIpc) is 3.19. The van der Waals surface area contributed by atoms with Gasteiger partial charge in [-0.2, -0.15) is 0 Å². The lowest BCUT2D eigenvalue weighted by atomic mass is 10.1. The standard InChI is InChI=1S/C24H21N3O3S2/c1-15-5-4-6-18(13-15)22-23(19-11-12-25-21(14-19)26-16(2)28)31-24(27-22)17-7-9-20(10-8-17)32(3,29)30/h4-14H,1-3H3,(H,25,26,28). The molecular weight excluding hydrogens is 442 g/mol. The Morgan fingerprint density at radius 2 is 1.72 bits per heavy atom. The van der Waals surface area contributed by atoms with Crippen LogP contribution in [0.4, 0.5) is 5.82 Å². The van der Waals surface area contributed by atoms with E-state index < -0.39 is 9.84 Å². The zero-order valence-corrected chi connectivity index (χ0v) is 19.4. The Bertz CT molecular complexity index is 1410. The van der Waals surface area contributed by atoms with E-state index in [0.717, 1.165) is 37.8 Å². The highest BCUT2D eigenvalue weighted by atomic mass is 32.2. The normalized spacial score (nSPS) is 11.3. The second-order valence-electron chi connectivity index (χ2n) is 7.47. The molecule has 0 spiro atoms. The van der Waals surface area contributed by atoms with Crippen LogP contribution in [0.1, 0.15) is 12.5 Å². The molecule has 4 aromatic rings. The fourth-order valence-electron chi connectivity index (χ4n) is 3.29. The van der Waals surface area contributed by atoms with Crippen LogP contribution in [0.15, 0.2) is 71.8 Å². The van der Waals surface area contributed by atoms with Crippen molar-refractivity contribution in [2.75, 3.05) is 11.6 Å². The van der Waals surface area contributed by atoms with E-state index in [9.17, 15) is 13.2 Å². The van der Waals surface area contributed by atoms with Gasteiger partial charge in [0, 0.05) is 30.5 Å². The van der Waals surface area contributed by atoms with Crippen molar-refractivity contribution >= 4 is 32.9 Å². The first-order chi connectivity index (χ1) is 15.2. The topological polar surface area (TPSA) is 89.0 Å². The minimum absolute atomic E-state index is 0.190. The molecule has 0 bridgehead atoms. The molecule has 0 aliphatic heterocycles. The summed E-state index contributed by atoms with van der Waals surface area (Å²) >= 11 is 1.51. The number of rotatable bonds is 5. The number of amides is 1. The minimum Gasteiger partial charge on any atom is -0.311 e. The first kappa shape index (κ1) is 21.9. The van der Waals surface area contributed by atoms with Crippen molar-refractivity contribution in [3.8, 4) is 32.3 Å². The number of pyridine rings is 1. The molecule has 0 unspecified atom stereocenters. The number of aryl methyl sites for hydroxylation is 1. The molecule has 0 saturated carbocycles. The molecule has 0 aliphatic carbocycles. The predicted octanol–water partition coefficient (Wildman–Crippen LogP) is 5.21. The lowest BCUT2D eigenvalue weighted by Crippen LogP contribution is -2.07. The maximum Gasteiger partial charge on any atom is 0.222 e. The molecule has 1 amide bonds. The SMILES string of the molecule is CC(=O)Nc1cc(-c2sc(-c3ccc(S(C)(=O)=O)cc3)nc2-c2cccc(C)c2)ccn1. The molecule has 1 N–H and O–H groups in total. The molecule has 0 fully saturated rings. The first-order valence-corrected chi connectivity index (χ1v) is 12.5. The van der Waals surface area contributed by atoms with E-state index in [4.69, 9.17) is 4.98 Å². The third-order valence-electron chi connectivity index (χ3n) is 4.77. The number of anilines is 1. The van der Waals surface area contributed by atoms with E-state index >= 15 is 0 Å². The van der Waals surface area contributed by atoms with Gasteiger partial charge in [-0.3, -0.25) is 4.79 Å². The molecule has 162 valence electrons. The molecule has 6 nitrogen and oxygen atoms in total. The highest BCUT2D eigenvalue weighted by Gasteiger charge is 2.18. The molecule has 0 saturated heterocycles. The van der Waals surface area contributed by atoms with Crippen LogP contribution in [0, 0.1) is 6.92 Å². The number of aromatic nitrogens is 2. The van der Waals surface area contributed by atoms with Gasteiger partial charge in [0.15, 0.2) is 9.84 Å². The van der Waals surface area contributed by atoms with Crippen LogP contribution >= 0.6 is 11.3 Å². The first-order valence-electron chi connectivity index (χ1n) is 9.83. The Kier molecular flexibility index (Phi) is 5.90. The van der Waals surface area contributed by atoms with Crippen LogP contribution in [0.5, 0.6) is 0 Å². The number of nitrogens with one attached hydrogen (secondary N) is 1. The van der Waals surface area contributed by atoms with Crippen molar-refractivity contribution in [2.45, 2.75) is 18.7 Å². The van der Waals surface area contributed by atoms with Crippen molar-refractivity contribution in [1.29, 1.82) is 0 Å². The second kappa shape index (κ2) is 8.64. The summed E-state index contributed by atoms with van der Waals surface area (Å²) in [7, 11) is -3.27. The lowest BCUT2D eigenvalue weighted by Gasteiger charge is -2.06. The van der Waals surface area contributed by atoms with Crippen molar-refractivity contribution in [3.05, 3.63) is 72.4 Å². The lowest BCUT2D eigenvalue weighted by molar-refractivity contribution is -0.114. The number of hydrogen-bond donors (Lipinski definition) is 1. The number of sulfone groups is 1. The zero-order valence-electron chi connectivity index (χ0n) is 17.8. The Morgan fingerprint density at radius 3 is 2.38 bits per heavy atom. The monoisotopic (exact) mass is 463 g/mol. The van der Waals surface area contributed by atoms with Crippen molar-refractivity contribution < 1.29 is 13.2 Å². The van der Waals surface area contributed by atoms with Crippen molar-refractivity contribution in [3.63, 3.8) is 0 Å². The highest BCUT2D eigenvalue weighted by molar-refractivity contribution is 7.90. The van der Waals surface area contributed by atoms with Crippen LogP contribution in [0.25, 0.3) is 32.3 Å². The molecule has 32 heavy (non-hydrogen) atoms. The van der Waals surface area contributed by atoms with Gasteiger partial charge in [-0.25, -0.2) is 18.4 Å². The maximum atomic E-state index is 11.8. The van der Waals surface area contributed by atoms with Crippen LogP contribution < -0.4 is 5.32 Å². The van der Waals surface area contributed by atoms with Gasteiger partial charge in [-0.15, -0.1) is 11.3 Å². The van der Waals surface area contributed by atoms with Gasteiger partial charge in [0.05, 0.1) is 15.5 Å². The van der Waals surface area contributed by atoms with Crippen LogP contribution in [0.3, 0.4) is 0 Å². The Balaban J connectivity index is 1.85. The van der Waals surface area contributed by atoms with E-state index in [1.165, 1.54) is 24.5 Å². The molecule has 2 aromatic carbocycles. The third kappa shape index (κ3) is 4.76. The summed E-state index contributed by atoms with van der Waals surface area (Å²) in [5.74, 6) is 0.280. The third-order valence-corrected chi connectivity index (χ3v) is 7.06. The van der Waals surface area contributed by atoms with Crippen LogP contribution in [-0.2, 0) is 14.6 Å². The summed E-state index contributed by atoms with van der Waals surface area (Å²) in [6, 6.07) is 18.6. The molecule has 2 aromatic heterocycles. The molecule has 4 rings (SSSR count). The zero-order chi connectivity index (χ0) is 22.9. The van der Waals surface area contributed by atoms with Crippen LogP contribution in [-0.4, -0.2) is 30.5 Å². The number of nitrogens with zero attached hydrogens (tertiary/aromatic N) is 2. The molecule has 0 atom stereocenters. The summed E-state index contributed by atoms with van der Waals surface area (Å²) in [4.78, 5) is 21.8.